The van der Waals surface area contributed by atoms with Crippen LogP contribution in [0.4, 0.5) is 13.6 Å². The van der Waals surface area contributed by atoms with Gasteiger partial charge in [0.05, 0.1) is 29.7 Å². The fourth-order valence-electron chi connectivity index (χ4n) is 8.18. The molecular formula is C36H46F2N4O6. The first-order chi connectivity index (χ1) is 22.9. The minimum atomic E-state index is -3.35. The van der Waals surface area contributed by atoms with Gasteiger partial charge in [-0.3, -0.25) is 4.79 Å². The molecule has 3 aliphatic carbocycles. The van der Waals surface area contributed by atoms with Crippen LogP contribution < -0.4 is 14.8 Å². The van der Waals surface area contributed by atoms with Gasteiger partial charge < -0.3 is 29.2 Å². The monoisotopic (exact) mass is 668 g/mol. The molecule has 3 heterocycles. The lowest BCUT2D eigenvalue weighted by Crippen LogP contribution is -2.56. The number of carbonyl (C=O) groups excluding carboxylic acids is 3. The van der Waals surface area contributed by atoms with Crippen molar-refractivity contribution in [1.82, 2.24) is 20.2 Å². The van der Waals surface area contributed by atoms with E-state index in [1.54, 1.807) is 18.2 Å². The number of aldehydes is 1. The summed E-state index contributed by atoms with van der Waals surface area (Å²) in [6.45, 7) is 7.34. The molecule has 2 unspecified atom stereocenters. The molecule has 0 spiro atoms. The summed E-state index contributed by atoms with van der Waals surface area (Å²) in [7, 11) is 0. The molecule has 5 aliphatic rings. The number of alkyl carbamates (subject to hydrolysis) is 1. The topological polar surface area (TPSA) is 120 Å². The largest absolute Gasteiger partial charge is 0.490 e. The van der Waals surface area contributed by atoms with E-state index in [0.717, 1.165) is 25.7 Å². The molecule has 3 saturated carbocycles. The Bertz CT molecular complexity index is 1580. The number of alkyl halides is 2. The quantitative estimate of drug-likeness (QED) is 0.384. The van der Waals surface area contributed by atoms with Crippen molar-refractivity contribution in [2.75, 3.05) is 6.54 Å². The second-order valence-electron chi connectivity index (χ2n) is 15.6. The second-order valence-corrected chi connectivity index (χ2v) is 15.6. The number of amides is 2. The Hall–Kier alpha value is -3.57. The maximum atomic E-state index is 16.2. The van der Waals surface area contributed by atoms with E-state index in [0.29, 0.717) is 54.2 Å². The third-order valence-electron chi connectivity index (χ3n) is 11.0. The molecule has 1 N–H and O–H groups in total. The van der Waals surface area contributed by atoms with Crippen molar-refractivity contribution < 1.29 is 37.4 Å². The summed E-state index contributed by atoms with van der Waals surface area (Å²) in [6.07, 6.45) is 4.21. The Kier molecular flexibility index (Phi) is 8.51. The van der Waals surface area contributed by atoms with Gasteiger partial charge in [0.1, 0.15) is 30.3 Å². The van der Waals surface area contributed by atoms with Crippen LogP contribution in [0.1, 0.15) is 91.2 Å². The molecular weight excluding hydrogens is 622 g/mol. The number of ether oxygens (including phenoxy) is 3. The van der Waals surface area contributed by atoms with Gasteiger partial charge in [0.15, 0.2) is 5.69 Å². The number of fused-ring (bicyclic) bond motifs is 7. The van der Waals surface area contributed by atoms with Gasteiger partial charge >= 0.3 is 6.09 Å². The van der Waals surface area contributed by atoms with Crippen molar-refractivity contribution in [3.05, 3.63) is 23.9 Å². The fraction of sp³-hybridized carbons (Fsp3) is 0.694. The van der Waals surface area contributed by atoms with Gasteiger partial charge in [-0.15, -0.1) is 0 Å². The zero-order valence-electron chi connectivity index (χ0n) is 28.1. The number of hydrogen-bond donors (Lipinski definition) is 1. The predicted molar refractivity (Wildman–Crippen MR) is 172 cm³/mol. The molecule has 1 saturated heterocycles. The van der Waals surface area contributed by atoms with Gasteiger partial charge in [-0.05, 0) is 80.2 Å². The second kappa shape index (κ2) is 12.4. The van der Waals surface area contributed by atoms with Crippen LogP contribution in [-0.2, 0) is 20.2 Å². The number of hydrogen-bond acceptors (Lipinski definition) is 8. The molecule has 2 aromatic rings. The molecule has 2 bridgehead atoms. The lowest BCUT2D eigenvalue weighted by Gasteiger charge is -2.35. The van der Waals surface area contributed by atoms with Crippen molar-refractivity contribution >= 4 is 29.3 Å². The van der Waals surface area contributed by atoms with Gasteiger partial charge in [-0.2, -0.15) is 8.78 Å². The number of nitrogens with zero attached hydrogens (tertiary/aromatic N) is 3. The normalized spacial score (nSPS) is 33.7. The van der Waals surface area contributed by atoms with Crippen molar-refractivity contribution in [2.45, 2.75) is 122 Å². The predicted octanol–water partition coefficient (Wildman–Crippen LogP) is 6.19. The Balaban J connectivity index is 1.27. The summed E-state index contributed by atoms with van der Waals surface area (Å²) in [5.74, 6) is -3.03. The maximum absolute atomic E-state index is 16.2. The molecule has 260 valence electrons. The first-order valence-electron chi connectivity index (χ1n) is 17.6. The highest BCUT2D eigenvalue weighted by molar-refractivity contribution is 5.89. The average molecular weight is 669 g/mol. The van der Waals surface area contributed by atoms with Crippen LogP contribution in [-0.4, -0.2) is 70.1 Å². The van der Waals surface area contributed by atoms with Gasteiger partial charge in [-0.25, -0.2) is 14.8 Å². The van der Waals surface area contributed by atoms with Crippen molar-refractivity contribution in [1.29, 1.82) is 0 Å². The zero-order chi connectivity index (χ0) is 34.0. The van der Waals surface area contributed by atoms with E-state index in [4.69, 9.17) is 14.2 Å². The summed E-state index contributed by atoms with van der Waals surface area (Å²) < 4.78 is 50.7. The lowest BCUT2D eigenvalue weighted by molar-refractivity contribution is -0.139. The van der Waals surface area contributed by atoms with E-state index < -0.39 is 59.6 Å². The first kappa shape index (κ1) is 33.0. The Morgan fingerprint density at radius 2 is 1.83 bits per heavy atom. The molecule has 7 rings (SSSR count). The van der Waals surface area contributed by atoms with Gasteiger partial charge in [0.25, 0.3) is 5.92 Å². The summed E-state index contributed by atoms with van der Waals surface area (Å²) in [5.41, 5.74) is -0.601. The smallest absolute Gasteiger partial charge is 0.408 e. The number of nitrogens with one attached hydrogen (secondary N) is 1. The van der Waals surface area contributed by atoms with E-state index in [1.165, 1.54) is 4.90 Å². The molecule has 1 aromatic heterocycles. The van der Waals surface area contributed by atoms with E-state index in [1.807, 2.05) is 27.7 Å². The zero-order valence-corrected chi connectivity index (χ0v) is 28.1. The van der Waals surface area contributed by atoms with E-state index in [-0.39, 0.29) is 37.0 Å². The highest BCUT2D eigenvalue weighted by atomic mass is 19.3. The molecule has 2 amide bonds. The fourth-order valence-corrected chi connectivity index (χ4v) is 8.18. The van der Waals surface area contributed by atoms with Crippen LogP contribution in [0, 0.1) is 29.1 Å². The standard InChI is InChI=1S/C36H46F2N4O6/c1-5-22-27(18-43)42-17-29(22)47-32-30(39-25-12-11-21(16-26(25)40-32)46-20-9-10-20)36(37,38)13-7-6-8-23-24-14-19(24)15-28(23)48-34(45)41-31(33(42)44)35(2,3)4/h11-12,16,18-20,22-24,27-29,31H,5-10,13-15,17H2,1-4H3,(H,41,45)/t19?,22-,23+,24?,27+,28+,29-,31+/m0/s1. The third-order valence-corrected chi connectivity index (χ3v) is 11.0. The number of benzene rings is 1. The first-order valence-corrected chi connectivity index (χ1v) is 17.6. The van der Waals surface area contributed by atoms with Crippen LogP contribution in [0.2, 0.25) is 0 Å². The molecule has 12 heteroatoms. The maximum Gasteiger partial charge on any atom is 0.408 e. The Morgan fingerprint density at radius 1 is 1.04 bits per heavy atom. The Morgan fingerprint density at radius 3 is 2.54 bits per heavy atom. The van der Waals surface area contributed by atoms with Gasteiger partial charge in [-0.1, -0.05) is 34.1 Å². The van der Waals surface area contributed by atoms with Crippen molar-refractivity contribution in [3.63, 3.8) is 0 Å². The third kappa shape index (κ3) is 6.43. The highest BCUT2D eigenvalue weighted by Gasteiger charge is 2.55. The van der Waals surface area contributed by atoms with Crippen LogP contribution in [0.3, 0.4) is 0 Å². The summed E-state index contributed by atoms with van der Waals surface area (Å²) in [6, 6.07) is 3.16. The number of halogens is 2. The molecule has 2 aliphatic heterocycles. The molecule has 4 fully saturated rings. The average Bonchev–Trinajstić information content (AvgIpc) is 3.94. The van der Waals surface area contributed by atoms with E-state index in [2.05, 4.69) is 15.3 Å². The number of aromatic nitrogens is 2. The highest BCUT2D eigenvalue weighted by Crippen LogP contribution is 2.58. The summed E-state index contributed by atoms with van der Waals surface area (Å²) in [4.78, 5) is 50.6. The number of rotatable bonds is 4. The SMILES string of the molecule is CC[C@@H]1[C@@H]2CN(C(=O)[C@H](C(C)(C)C)NC(=O)O[C@@H]3CC4CC4[C@H]3CCCCC(F)(F)c3nc4ccc(OC5CC5)cc4nc3O2)[C@@H]1C=O. The minimum absolute atomic E-state index is 0.0479. The lowest BCUT2D eigenvalue weighted by atomic mass is 9.85. The van der Waals surface area contributed by atoms with Gasteiger partial charge in [0, 0.05) is 18.4 Å². The van der Waals surface area contributed by atoms with Crippen LogP contribution >= 0.6 is 0 Å². The van der Waals surface area contributed by atoms with E-state index in [9.17, 15) is 14.4 Å². The molecule has 48 heavy (non-hydrogen) atoms. The molecule has 1 aromatic carbocycles. The minimum Gasteiger partial charge on any atom is -0.490 e. The van der Waals surface area contributed by atoms with Crippen LogP contribution in [0.25, 0.3) is 11.0 Å². The molecule has 10 nitrogen and oxygen atoms in total. The molecule has 0 radical (unpaired) electrons. The van der Waals surface area contributed by atoms with Crippen LogP contribution in [0.15, 0.2) is 18.2 Å². The summed E-state index contributed by atoms with van der Waals surface area (Å²) >= 11 is 0. The van der Waals surface area contributed by atoms with Crippen molar-refractivity contribution in [3.8, 4) is 11.6 Å². The summed E-state index contributed by atoms with van der Waals surface area (Å²) in [5, 5.41) is 2.84. The Labute approximate surface area is 279 Å². The van der Waals surface area contributed by atoms with E-state index >= 15 is 8.78 Å². The van der Waals surface area contributed by atoms with Crippen LogP contribution in [0.5, 0.6) is 11.6 Å². The van der Waals surface area contributed by atoms with Crippen molar-refractivity contribution in [2.24, 2.45) is 29.1 Å². The van der Waals surface area contributed by atoms with Gasteiger partial charge in [0.2, 0.25) is 11.8 Å². The molecule has 8 atom stereocenters. The number of carbonyl (C=O) groups is 3.